The predicted octanol–water partition coefficient (Wildman–Crippen LogP) is 2.21. The molecule has 1 heterocycles. The van der Waals surface area contributed by atoms with E-state index in [0.717, 1.165) is 24.3 Å². The van der Waals surface area contributed by atoms with Gasteiger partial charge in [-0.1, -0.05) is 11.8 Å². The number of halogens is 1. The van der Waals surface area contributed by atoms with Gasteiger partial charge < -0.3 is 4.74 Å². The van der Waals surface area contributed by atoms with Crippen LogP contribution in [0.3, 0.4) is 0 Å². The smallest absolute Gasteiger partial charge is 0.122 e. The Hall–Kier alpha value is -1.13. The summed E-state index contributed by atoms with van der Waals surface area (Å²) in [5, 5.41) is 0. The zero-order chi connectivity index (χ0) is 9.10. The van der Waals surface area contributed by atoms with Gasteiger partial charge in [-0.25, -0.2) is 0 Å². The molecule has 0 radical (unpaired) electrons. The van der Waals surface area contributed by atoms with E-state index in [9.17, 15) is 0 Å². The lowest BCUT2D eigenvalue weighted by atomic mass is 10.1. The molecule has 13 heavy (non-hydrogen) atoms. The lowest BCUT2D eigenvalue weighted by molar-refractivity contribution is 0.357. The number of hydrogen-bond acceptors (Lipinski definition) is 1. The number of alkyl halides is 1. The average Bonchev–Trinajstić information content (AvgIpc) is 2.61. The van der Waals surface area contributed by atoms with Crippen LogP contribution in [0, 0.1) is 11.8 Å². The minimum Gasteiger partial charge on any atom is -0.493 e. The molecule has 0 spiro atoms. The summed E-state index contributed by atoms with van der Waals surface area (Å²) >= 11 is 5.47. The molecule has 0 aromatic heterocycles. The Balaban J connectivity index is 2.31. The highest BCUT2D eigenvalue weighted by Crippen LogP contribution is 2.25. The third-order valence-corrected chi connectivity index (χ3v) is 2.12. The van der Waals surface area contributed by atoms with Crippen LogP contribution < -0.4 is 4.74 Å². The molecule has 1 aromatic rings. The lowest BCUT2D eigenvalue weighted by Crippen LogP contribution is -1.85. The van der Waals surface area contributed by atoms with Gasteiger partial charge in [0.2, 0.25) is 0 Å². The maximum Gasteiger partial charge on any atom is 0.122 e. The highest BCUT2D eigenvalue weighted by atomic mass is 35.5. The second-order valence-corrected chi connectivity index (χ2v) is 3.12. The Bertz CT molecular complexity index is 373. The van der Waals surface area contributed by atoms with Crippen molar-refractivity contribution in [1.82, 2.24) is 0 Å². The van der Waals surface area contributed by atoms with Gasteiger partial charge in [0.1, 0.15) is 5.75 Å². The number of ether oxygens (including phenoxy) is 1. The fraction of sp³-hybridized carbons (Fsp3) is 0.273. The van der Waals surface area contributed by atoms with Gasteiger partial charge in [0.15, 0.2) is 0 Å². The molecule has 0 unspecified atom stereocenters. The molecule has 0 bridgehead atoms. The third kappa shape index (κ3) is 1.79. The van der Waals surface area contributed by atoms with Crippen molar-refractivity contribution in [2.45, 2.75) is 6.42 Å². The maximum absolute atomic E-state index is 5.47. The fourth-order valence-electron chi connectivity index (χ4n) is 1.40. The van der Waals surface area contributed by atoms with Gasteiger partial charge in [-0.15, -0.1) is 11.6 Å². The number of benzene rings is 1. The van der Waals surface area contributed by atoms with E-state index in [1.54, 1.807) is 0 Å². The van der Waals surface area contributed by atoms with Crippen LogP contribution in [-0.4, -0.2) is 12.5 Å². The van der Waals surface area contributed by atoms with E-state index >= 15 is 0 Å². The molecule has 0 N–H and O–H groups in total. The van der Waals surface area contributed by atoms with E-state index in [1.807, 2.05) is 12.1 Å². The zero-order valence-electron chi connectivity index (χ0n) is 7.14. The van der Waals surface area contributed by atoms with Crippen molar-refractivity contribution in [2.75, 3.05) is 12.5 Å². The molecule has 0 aliphatic carbocycles. The number of hydrogen-bond donors (Lipinski definition) is 0. The van der Waals surface area contributed by atoms with Crippen LogP contribution >= 0.6 is 11.6 Å². The summed E-state index contributed by atoms with van der Waals surface area (Å²) in [6.07, 6.45) is 0.992. The van der Waals surface area contributed by atoms with Crippen LogP contribution in [0.1, 0.15) is 11.1 Å². The van der Waals surface area contributed by atoms with E-state index < -0.39 is 0 Å². The fourth-order valence-corrected chi connectivity index (χ4v) is 1.47. The first kappa shape index (κ1) is 8.47. The molecule has 66 valence electrons. The Kier molecular flexibility index (Phi) is 2.42. The molecule has 0 amide bonds. The van der Waals surface area contributed by atoms with E-state index in [4.69, 9.17) is 16.3 Å². The van der Waals surface area contributed by atoms with Gasteiger partial charge in [0, 0.05) is 12.0 Å². The molecule has 1 nitrogen and oxygen atoms in total. The van der Waals surface area contributed by atoms with Gasteiger partial charge in [-0.3, -0.25) is 0 Å². The van der Waals surface area contributed by atoms with Crippen LogP contribution in [0.4, 0.5) is 0 Å². The van der Waals surface area contributed by atoms with Gasteiger partial charge in [-0.2, -0.15) is 0 Å². The molecule has 1 aromatic carbocycles. The largest absolute Gasteiger partial charge is 0.493 e. The summed E-state index contributed by atoms with van der Waals surface area (Å²) in [5.41, 5.74) is 2.27. The second-order valence-electron chi connectivity index (χ2n) is 2.86. The number of fused-ring (bicyclic) bond motifs is 1. The van der Waals surface area contributed by atoms with Crippen LogP contribution in [0.15, 0.2) is 18.2 Å². The van der Waals surface area contributed by atoms with Crippen molar-refractivity contribution in [2.24, 2.45) is 0 Å². The SMILES string of the molecule is ClCC#Cc1ccc2c(c1)CCO2. The topological polar surface area (TPSA) is 9.23 Å². The first-order valence-electron chi connectivity index (χ1n) is 4.21. The zero-order valence-corrected chi connectivity index (χ0v) is 7.90. The first-order chi connectivity index (χ1) is 6.40. The highest BCUT2D eigenvalue weighted by molar-refractivity contribution is 6.19. The van der Waals surface area contributed by atoms with Crippen LogP contribution in [0.25, 0.3) is 0 Å². The van der Waals surface area contributed by atoms with Gasteiger partial charge >= 0.3 is 0 Å². The molecule has 2 rings (SSSR count). The van der Waals surface area contributed by atoms with Crippen molar-refractivity contribution in [3.8, 4) is 17.6 Å². The van der Waals surface area contributed by atoms with Crippen LogP contribution in [-0.2, 0) is 6.42 Å². The van der Waals surface area contributed by atoms with E-state index in [-0.39, 0.29) is 0 Å². The Morgan fingerprint density at radius 1 is 1.46 bits per heavy atom. The average molecular weight is 193 g/mol. The monoisotopic (exact) mass is 192 g/mol. The van der Waals surface area contributed by atoms with E-state index in [0.29, 0.717) is 5.88 Å². The van der Waals surface area contributed by atoms with Crippen LogP contribution in [0.2, 0.25) is 0 Å². The molecule has 1 aliphatic heterocycles. The Morgan fingerprint density at radius 2 is 2.38 bits per heavy atom. The summed E-state index contributed by atoms with van der Waals surface area (Å²) in [7, 11) is 0. The lowest BCUT2D eigenvalue weighted by Gasteiger charge is -1.97. The molecular weight excluding hydrogens is 184 g/mol. The minimum atomic E-state index is 0.383. The molecule has 1 aliphatic rings. The van der Waals surface area contributed by atoms with E-state index in [1.165, 1.54) is 5.56 Å². The van der Waals surface area contributed by atoms with Crippen LogP contribution in [0.5, 0.6) is 5.75 Å². The van der Waals surface area contributed by atoms with Gasteiger partial charge in [-0.05, 0) is 23.8 Å². The maximum atomic E-state index is 5.47. The molecule has 2 heteroatoms. The highest BCUT2D eigenvalue weighted by Gasteiger charge is 2.10. The standard InChI is InChI=1S/C11H9ClO/c12-6-1-2-9-3-4-11-10(8-9)5-7-13-11/h3-4,8H,5-7H2. The summed E-state index contributed by atoms with van der Waals surface area (Å²) in [6, 6.07) is 6.01. The summed E-state index contributed by atoms with van der Waals surface area (Å²) < 4.78 is 5.38. The number of rotatable bonds is 0. The Labute approximate surface area is 82.7 Å². The molecular formula is C11H9ClO. The van der Waals surface area contributed by atoms with Crippen molar-refractivity contribution in [3.05, 3.63) is 29.3 Å². The van der Waals surface area contributed by atoms with Crippen molar-refractivity contribution in [1.29, 1.82) is 0 Å². The van der Waals surface area contributed by atoms with E-state index in [2.05, 4.69) is 17.9 Å². The van der Waals surface area contributed by atoms with Crippen molar-refractivity contribution < 1.29 is 4.74 Å². The Morgan fingerprint density at radius 3 is 3.23 bits per heavy atom. The normalized spacial score (nSPS) is 12.7. The molecule has 0 saturated carbocycles. The molecule has 0 atom stereocenters. The van der Waals surface area contributed by atoms with Crippen molar-refractivity contribution >= 4 is 11.6 Å². The van der Waals surface area contributed by atoms with Gasteiger partial charge in [0.05, 0.1) is 12.5 Å². The predicted molar refractivity (Wildman–Crippen MR) is 53.2 cm³/mol. The molecule has 0 fully saturated rings. The summed E-state index contributed by atoms with van der Waals surface area (Å²) in [6.45, 7) is 0.793. The second kappa shape index (κ2) is 3.72. The minimum absolute atomic E-state index is 0.383. The first-order valence-corrected chi connectivity index (χ1v) is 4.74. The third-order valence-electron chi connectivity index (χ3n) is 1.99. The van der Waals surface area contributed by atoms with Crippen molar-refractivity contribution in [3.63, 3.8) is 0 Å². The quantitative estimate of drug-likeness (QED) is 0.453. The summed E-state index contributed by atoms with van der Waals surface area (Å²) in [5.74, 6) is 7.20. The van der Waals surface area contributed by atoms with Gasteiger partial charge in [0.25, 0.3) is 0 Å². The summed E-state index contributed by atoms with van der Waals surface area (Å²) in [4.78, 5) is 0. The molecule has 0 saturated heterocycles.